The fraction of sp³-hybridized carbons (Fsp3) is 0.417. The van der Waals surface area contributed by atoms with Crippen LogP contribution in [-0.2, 0) is 20.2 Å². The number of benzene rings is 1. The minimum atomic E-state index is -3.34. The molecule has 0 radical (unpaired) electrons. The molecule has 0 fully saturated rings. The molecule has 0 aliphatic carbocycles. The minimum Gasteiger partial charge on any atom is -0.480 e. The zero-order valence-corrected chi connectivity index (χ0v) is 11.5. The summed E-state index contributed by atoms with van der Waals surface area (Å²) in [7, 11) is -3.34. The van der Waals surface area contributed by atoms with Crippen LogP contribution in [0.4, 0.5) is 0 Å². The molecule has 1 aromatic rings. The number of carboxylic acid groups (broad SMARTS) is 1. The monoisotopic (exact) mass is 287 g/mol. The third-order valence-electron chi connectivity index (χ3n) is 3.10. The number of nitrogens with two attached hydrogens (primary N) is 1. The number of carbonyl (C=O) groups is 1. The van der Waals surface area contributed by atoms with Crippen LogP contribution in [0.1, 0.15) is 18.9 Å². The fourth-order valence-corrected chi connectivity index (χ4v) is 2.43. The lowest BCUT2D eigenvalue weighted by Crippen LogP contribution is -2.50. The van der Waals surface area contributed by atoms with E-state index in [1.54, 1.807) is 6.92 Å². The molecule has 0 spiro atoms. The predicted octanol–water partition coefficient (Wildman–Crippen LogP) is 0.0996. The molecule has 0 aromatic heterocycles. The third-order valence-corrected chi connectivity index (χ3v) is 4.23. The van der Waals surface area contributed by atoms with E-state index in [0.29, 0.717) is 0 Å². The van der Waals surface area contributed by atoms with E-state index in [2.05, 4.69) is 0 Å². The summed E-state index contributed by atoms with van der Waals surface area (Å²) in [4.78, 5) is 11.0. The maximum absolute atomic E-state index is 11.3. The van der Waals surface area contributed by atoms with Gasteiger partial charge in [0.25, 0.3) is 0 Å². The van der Waals surface area contributed by atoms with Crippen molar-refractivity contribution in [2.75, 3.05) is 6.26 Å². The molecule has 4 N–H and O–H groups in total. The van der Waals surface area contributed by atoms with Gasteiger partial charge in [-0.2, -0.15) is 0 Å². The van der Waals surface area contributed by atoms with E-state index in [4.69, 9.17) is 10.8 Å². The molecule has 6 nitrogen and oxygen atoms in total. The highest BCUT2D eigenvalue weighted by Gasteiger charge is 2.39. The van der Waals surface area contributed by atoms with Crippen LogP contribution < -0.4 is 5.73 Å². The van der Waals surface area contributed by atoms with Gasteiger partial charge in [-0.25, -0.2) is 8.42 Å². The van der Waals surface area contributed by atoms with Gasteiger partial charge in [0.05, 0.1) is 4.90 Å². The molecule has 1 rings (SSSR count). The van der Waals surface area contributed by atoms with E-state index >= 15 is 0 Å². The molecule has 2 atom stereocenters. The second-order valence-electron chi connectivity index (χ2n) is 4.39. The molecule has 1 aromatic carbocycles. The maximum Gasteiger partial charge on any atom is 0.323 e. The van der Waals surface area contributed by atoms with Crippen molar-refractivity contribution in [1.82, 2.24) is 0 Å². The standard InChI is InChI=1S/C12H17NO5S/c1-3-12(16,10(13)11(14)15)8-4-6-9(7-5-8)19(2,17)18/h4-7,10,16H,3,13H2,1-2H3,(H,14,15)/t10-,12-/m1/s1. The molecule has 106 valence electrons. The second kappa shape index (κ2) is 5.28. The Hall–Kier alpha value is -1.44. The van der Waals surface area contributed by atoms with Crippen LogP contribution >= 0.6 is 0 Å². The van der Waals surface area contributed by atoms with Crippen molar-refractivity contribution in [3.8, 4) is 0 Å². The van der Waals surface area contributed by atoms with Crippen LogP contribution in [-0.4, -0.2) is 36.9 Å². The Bertz CT molecular complexity index is 566. The minimum absolute atomic E-state index is 0.0959. The van der Waals surface area contributed by atoms with Crippen molar-refractivity contribution in [2.24, 2.45) is 5.73 Å². The number of hydrogen-bond acceptors (Lipinski definition) is 5. The topological polar surface area (TPSA) is 118 Å². The van der Waals surface area contributed by atoms with Gasteiger partial charge in [-0.1, -0.05) is 19.1 Å². The van der Waals surface area contributed by atoms with E-state index in [1.165, 1.54) is 24.3 Å². The molecular weight excluding hydrogens is 270 g/mol. The Labute approximate surface area is 111 Å². The molecule has 0 saturated heterocycles. The third kappa shape index (κ3) is 3.12. The number of carboxylic acids is 1. The Kier molecular flexibility index (Phi) is 4.34. The lowest BCUT2D eigenvalue weighted by molar-refractivity contribution is -0.146. The summed E-state index contributed by atoms with van der Waals surface area (Å²) in [6.45, 7) is 1.60. The van der Waals surface area contributed by atoms with Crippen LogP contribution in [0.5, 0.6) is 0 Å². The van der Waals surface area contributed by atoms with Crippen molar-refractivity contribution < 1.29 is 23.4 Å². The largest absolute Gasteiger partial charge is 0.480 e. The van der Waals surface area contributed by atoms with Crippen LogP contribution in [0.25, 0.3) is 0 Å². The molecule has 0 amide bonds. The Morgan fingerprint density at radius 1 is 1.37 bits per heavy atom. The maximum atomic E-state index is 11.3. The van der Waals surface area contributed by atoms with Crippen LogP contribution in [0.2, 0.25) is 0 Å². The highest BCUT2D eigenvalue weighted by Crippen LogP contribution is 2.28. The number of aliphatic hydroxyl groups is 1. The predicted molar refractivity (Wildman–Crippen MR) is 69.4 cm³/mol. The summed E-state index contributed by atoms with van der Waals surface area (Å²) in [6, 6.07) is 3.91. The van der Waals surface area contributed by atoms with Crippen LogP contribution in [0, 0.1) is 0 Å². The number of hydrogen-bond donors (Lipinski definition) is 3. The fourth-order valence-electron chi connectivity index (χ4n) is 1.80. The zero-order valence-electron chi connectivity index (χ0n) is 10.7. The SMILES string of the molecule is CC[C@@](O)(c1ccc(S(C)(=O)=O)cc1)[C@H](N)C(=O)O. The quantitative estimate of drug-likeness (QED) is 0.707. The summed E-state index contributed by atoms with van der Waals surface area (Å²) in [5, 5.41) is 19.3. The first-order valence-corrected chi connectivity index (χ1v) is 7.53. The average molecular weight is 287 g/mol. The van der Waals surface area contributed by atoms with Gasteiger partial charge in [-0.15, -0.1) is 0 Å². The molecular formula is C12H17NO5S. The first-order chi connectivity index (χ1) is 8.63. The van der Waals surface area contributed by atoms with E-state index in [0.717, 1.165) is 6.26 Å². The first-order valence-electron chi connectivity index (χ1n) is 5.64. The molecule has 0 aliphatic heterocycles. The Morgan fingerprint density at radius 3 is 2.16 bits per heavy atom. The summed E-state index contributed by atoms with van der Waals surface area (Å²) in [5.74, 6) is -1.32. The summed E-state index contributed by atoms with van der Waals surface area (Å²) < 4.78 is 22.6. The van der Waals surface area contributed by atoms with Crippen molar-refractivity contribution >= 4 is 15.8 Å². The Balaban J connectivity index is 3.24. The molecule has 0 unspecified atom stereocenters. The molecule has 19 heavy (non-hydrogen) atoms. The van der Waals surface area contributed by atoms with Gasteiger partial charge in [-0.3, -0.25) is 4.79 Å². The highest BCUT2D eigenvalue weighted by molar-refractivity contribution is 7.90. The second-order valence-corrected chi connectivity index (χ2v) is 6.41. The zero-order chi connectivity index (χ0) is 14.8. The normalized spacial score (nSPS) is 16.6. The molecule has 0 aliphatic rings. The summed E-state index contributed by atoms with van der Waals surface area (Å²) in [6.07, 6.45) is 1.16. The first kappa shape index (κ1) is 15.6. The van der Waals surface area contributed by atoms with Crippen LogP contribution in [0.3, 0.4) is 0 Å². The average Bonchev–Trinajstić information content (AvgIpc) is 2.36. The van der Waals surface area contributed by atoms with Crippen molar-refractivity contribution in [1.29, 1.82) is 0 Å². The van der Waals surface area contributed by atoms with E-state index in [-0.39, 0.29) is 16.9 Å². The van der Waals surface area contributed by atoms with E-state index in [9.17, 15) is 18.3 Å². The number of aliphatic carboxylic acids is 1. The lowest BCUT2D eigenvalue weighted by Gasteiger charge is -2.31. The number of sulfone groups is 1. The summed E-state index contributed by atoms with van der Waals surface area (Å²) >= 11 is 0. The van der Waals surface area contributed by atoms with Gasteiger partial charge in [0.1, 0.15) is 11.6 Å². The van der Waals surface area contributed by atoms with Gasteiger partial charge in [0.15, 0.2) is 9.84 Å². The van der Waals surface area contributed by atoms with Crippen LogP contribution in [0.15, 0.2) is 29.2 Å². The van der Waals surface area contributed by atoms with E-state index in [1.807, 2.05) is 0 Å². The number of rotatable bonds is 5. The van der Waals surface area contributed by atoms with Crippen molar-refractivity contribution in [3.63, 3.8) is 0 Å². The Morgan fingerprint density at radius 2 is 1.84 bits per heavy atom. The van der Waals surface area contributed by atoms with Gasteiger partial charge >= 0.3 is 5.97 Å². The smallest absolute Gasteiger partial charge is 0.323 e. The molecule has 7 heteroatoms. The van der Waals surface area contributed by atoms with E-state index < -0.39 is 27.4 Å². The molecule has 0 saturated carbocycles. The van der Waals surface area contributed by atoms with Gasteiger partial charge in [0, 0.05) is 6.26 Å². The summed E-state index contributed by atoms with van der Waals surface area (Å²) in [5.41, 5.74) is 4.03. The lowest BCUT2D eigenvalue weighted by atomic mass is 9.84. The van der Waals surface area contributed by atoms with Gasteiger partial charge < -0.3 is 15.9 Å². The molecule has 0 heterocycles. The van der Waals surface area contributed by atoms with Gasteiger partial charge in [0.2, 0.25) is 0 Å². The molecule has 0 bridgehead atoms. The highest BCUT2D eigenvalue weighted by atomic mass is 32.2. The van der Waals surface area contributed by atoms with Crippen molar-refractivity contribution in [3.05, 3.63) is 29.8 Å². The van der Waals surface area contributed by atoms with Gasteiger partial charge in [-0.05, 0) is 24.1 Å². The van der Waals surface area contributed by atoms with Crippen molar-refractivity contribution in [2.45, 2.75) is 29.9 Å².